The smallest absolute Gasteiger partial charge is 0.271 e. The molecule has 5 heteroatoms. The first kappa shape index (κ1) is 15.7. The van der Waals surface area contributed by atoms with Crippen molar-refractivity contribution in [2.75, 3.05) is 13.1 Å². The molecule has 122 valence electrons. The minimum absolute atomic E-state index is 0.0497. The van der Waals surface area contributed by atoms with Crippen molar-refractivity contribution in [1.82, 2.24) is 15.1 Å². The van der Waals surface area contributed by atoms with E-state index in [1.807, 2.05) is 19.1 Å². The summed E-state index contributed by atoms with van der Waals surface area (Å²) in [7, 11) is 0. The molecular formula is C18H23N3O2. The van der Waals surface area contributed by atoms with E-state index in [9.17, 15) is 9.90 Å². The molecule has 0 radical (unpaired) electrons. The number of carbonyl (C=O) groups excluding carboxylic acids is 1. The summed E-state index contributed by atoms with van der Waals surface area (Å²) in [6.45, 7) is 7.28. The molecule has 1 aliphatic rings. The minimum Gasteiger partial charge on any atom is -0.393 e. The van der Waals surface area contributed by atoms with Crippen LogP contribution in [0.2, 0.25) is 0 Å². The largest absolute Gasteiger partial charge is 0.393 e. The fourth-order valence-corrected chi connectivity index (χ4v) is 2.97. The average Bonchev–Trinajstić information content (AvgIpc) is 3.02. The van der Waals surface area contributed by atoms with Crippen molar-refractivity contribution in [2.24, 2.45) is 5.92 Å². The number of rotatable bonds is 2. The van der Waals surface area contributed by atoms with E-state index in [1.165, 1.54) is 11.1 Å². The van der Waals surface area contributed by atoms with Crippen LogP contribution >= 0.6 is 0 Å². The van der Waals surface area contributed by atoms with Gasteiger partial charge in [0.2, 0.25) is 0 Å². The predicted octanol–water partition coefficient (Wildman–Crippen LogP) is 2.54. The summed E-state index contributed by atoms with van der Waals surface area (Å²) in [6, 6.07) is 7.97. The third-order valence-corrected chi connectivity index (χ3v) is 4.76. The third-order valence-electron chi connectivity index (χ3n) is 4.76. The second-order valence-electron chi connectivity index (χ2n) is 6.55. The highest BCUT2D eigenvalue weighted by molar-refractivity contribution is 5.93. The molecule has 0 unspecified atom stereocenters. The van der Waals surface area contributed by atoms with Gasteiger partial charge in [0.15, 0.2) is 0 Å². The second kappa shape index (κ2) is 6.16. The van der Waals surface area contributed by atoms with Gasteiger partial charge in [0, 0.05) is 18.7 Å². The number of amides is 1. The fourth-order valence-electron chi connectivity index (χ4n) is 2.97. The summed E-state index contributed by atoms with van der Waals surface area (Å²) in [4.78, 5) is 14.4. The van der Waals surface area contributed by atoms with E-state index in [-0.39, 0.29) is 17.9 Å². The van der Waals surface area contributed by atoms with Crippen LogP contribution in [0, 0.1) is 19.8 Å². The number of H-pyrrole nitrogens is 1. The third kappa shape index (κ3) is 3.15. The van der Waals surface area contributed by atoms with E-state index in [0.717, 1.165) is 11.3 Å². The number of hydrogen-bond acceptors (Lipinski definition) is 3. The molecule has 1 saturated heterocycles. The fraction of sp³-hybridized carbons (Fsp3) is 0.444. The second-order valence-corrected chi connectivity index (χ2v) is 6.55. The highest BCUT2D eigenvalue weighted by Gasteiger charge is 2.28. The number of hydrogen-bond donors (Lipinski definition) is 2. The number of aliphatic hydroxyl groups is 1. The standard InChI is InChI=1S/C18H23N3O2/c1-11-4-5-14(8-12(11)2)15-9-16(20-19-15)18(23)21-7-6-17(22)13(3)10-21/h4-5,8-9,13,17,22H,6-7,10H2,1-3H3,(H,19,20)/t13-,17+/m1/s1. The Morgan fingerprint density at radius 2 is 2.09 bits per heavy atom. The number of nitrogens with zero attached hydrogens (tertiary/aromatic N) is 2. The van der Waals surface area contributed by atoms with Crippen molar-refractivity contribution >= 4 is 5.91 Å². The van der Waals surface area contributed by atoms with Gasteiger partial charge in [-0.2, -0.15) is 5.10 Å². The lowest BCUT2D eigenvalue weighted by molar-refractivity contribution is 0.0294. The summed E-state index contributed by atoms with van der Waals surface area (Å²) in [5, 5.41) is 16.9. The molecule has 2 aromatic rings. The Labute approximate surface area is 136 Å². The van der Waals surface area contributed by atoms with Crippen molar-refractivity contribution in [1.29, 1.82) is 0 Å². The summed E-state index contributed by atoms with van der Waals surface area (Å²) in [5.74, 6) is 0.0566. The normalized spacial score (nSPS) is 21.5. The molecule has 1 aliphatic heterocycles. The SMILES string of the molecule is Cc1ccc(-c2cc(C(=O)N3CC[C@H](O)[C@H](C)C3)[nH]n2)cc1C. The molecule has 2 atom stereocenters. The molecule has 0 spiro atoms. The molecule has 1 amide bonds. The Balaban J connectivity index is 1.78. The van der Waals surface area contributed by atoms with Gasteiger partial charge in [-0.3, -0.25) is 9.89 Å². The zero-order valence-corrected chi connectivity index (χ0v) is 13.8. The lowest BCUT2D eigenvalue weighted by atomic mass is 9.96. The van der Waals surface area contributed by atoms with E-state index in [4.69, 9.17) is 0 Å². The summed E-state index contributed by atoms with van der Waals surface area (Å²) < 4.78 is 0. The molecule has 2 heterocycles. The number of aryl methyl sites for hydroxylation is 2. The van der Waals surface area contributed by atoms with Crippen molar-refractivity contribution in [3.8, 4) is 11.3 Å². The molecule has 1 aromatic carbocycles. The molecule has 5 nitrogen and oxygen atoms in total. The number of carbonyl (C=O) groups is 1. The Kier molecular flexibility index (Phi) is 4.22. The number of benzene rings is 1. The van der Waals surface area contributed by atoms with E-state index in [2.05, 4.69) is 36.2 Å². The van der Waals surface area contributed by atoms with Crippen LogP contribution in [0.25, 0.3) is 11.3 Å². The van der Waals surface area contributed by atoms with Crippen LogP contribution in [0.1, 0.15) is 35.0 Å². The van der Waals surface area contributed by atoms with Crippen molar-refractivity contribution in [2.45, 2.75) is 33.3 Å². The molecule has 3 rings (SSSR count). The molecule has 23 heavy (non-hydrogen) atoms. The van der Waals surface area contributed by atoms with Gasteiger partial charge in [0.1, 0.15) is 5.69 Å². The molecule has 0 bridgehead atoms. The van der Waals surface area contributed by atoms with Crippen LogP contribution in [-0.2, 0) is 0 Å². The van der Waals surface area contributed by atoms with E-state index < -0.39 is 0 Å². The average molecular weight is 313 g/mol. The molecule has 0 saturated carbocycles. The molecule has 2 N–H and O–H groups in total. The Bertz CT molecular complexity index is 723. The van der Waals surface area contributed by atoms with Crippen LogP contribution in [-0.4, -0.2) is 45.3 Å². The van der Waals surface area contributed by atoms with Crippen molar-refractivity contribution in [3.05, 3.63) is 41.1 Å². The number of aromatic nitrogens is 2. The van der Waals surface area contributed by atoms with Crippen LogP contribution in [0.15, 0.2) is 24.3 Å². The maximum absolute atomic E-state index is 12.6. The van der Waals surface area contributed by atoms with Gasteiger partial charge in [0.05, 0.1) is 11.8 Å². The van der Waals surface area contributed by atoms with Crippen LogP contribution < -0.4 is 0 Å². The number of nitrogens with one attached hydrogen (secondary N) is 1. The predicted molar refractivity (Wildman–Crippen MR) is 89.2 cm³/mol. The Morgan fingerprint density at radius 3 is 2.78 bits per heavy atom. The summed E-state index contributed by atoms with van der Waals surface area (Å²) in [6.07, 6.45) is 0.317. The lowest BCUT2D eigenvalue weighted by Gasteiger charge is -2.34. The highest BCUT2D eigenvalue weighted by atomic mass is 16.3. The molecule has 0 aliphatic carbocycles. The first-order chi connectivity index (χ1) is 11.0. The van der Waals surface area contributed by atoms with Crippen LogP contribution in [0.4, 0.5) is 0 Å². The van der Waals surface area contributed by atoms with Gasteiger partial charge < -0.3 is 10.0 Å². The van der Waals surface area contributed by atoms with Crippen LogP contribution in [0.3, 0.4) is 0 Å². The quantitative estimate of drug-likeness (QED) is 0.895. The van der Waals surface area contributed by atoms with Gasteiger partial charge in [-0.25, -0.2) is 0 Å². The lowest BCUT2D eigenvalue weighted by Crippen LogP contribution is -2.45. The van der Waals surface area contributed by atoms with E-state index in [0.29, 0.717) is 25.2 Å². The van der Waals surface area contributed by atoms with E-state index in [1.54, 1.807) is 4.90 Å². The maximum Gasteiger partial charge on any atom is 0.271 e. The first-order valence-electron chi connectivity index (χ1n) is 8.06. The zero-order valence-electron chi connectivity index (χ0n) is 13.8. The molecule has 1 aromatic heterocycles. The number of piperidine rings is 1. The maximum atomic E-state index is 12.6. The number of aliphatic hydroxyl groups excluding tert-OH is 1. The van der Waals surface area contributed by atoms with Gasteiger partial charge in [0.25, 0.3) is 5.91 Å². The monoisotopic (exact) mass is 313 g/mol. The molecular weight excluding hydrogens is 290 g/mol. The van der Waals surface area contributed by atoms with Gasteiger partial charge in [-0.05, 0) is 49.4 Å². The topological polar surface area (TPSA) is 69.2 Å². The number of aromatic amines is 1. The highest BCUT2D eigenvalue weighted by Crippen LogP contribution is 2.23. The molecule has 1 fully saturated rings. The van der Waals surface area contributed by atoms with Crippen molar-refractivity contribution in [3.63, 3.8) is 0 Å². The minimum atomic E-state index is -0.313. The van der Waals surface area contributed by atoms with Gasteiger partial charge in [-0.15, -0.1) is 0 Å². The summed E-state index contributed by atoms with van der Waals surface area (Å²) in [5.41, 5.74) is 4.73. The van der Waals surface area contributed by atoms with Gasteiger partial charge >= 0.3 is 0 Å². The summed E-state index contributed by atoms with van der Waals surface area (Å²) >= 11 is 0. The van der Waals surface area contributed by atoms with E-state index >= 15 is 0 Å². The van der Waals surface area contributed by atoms with Gasteiger partial charge in [-0.1, -0.05) is 19.1 Å². The van der Waals surface area contributed by atoms with Crippen molar-refractivity contribution < 1.29 is 9.90 Å². The first-order valence-corrected chi connectivity index (χ1v) is 8.06. The number of likely N-dealkylation sites (tertiary alicyclic amines) is 1. The van der Waals surface area contributed by atoms with Crippen LogP contribution in [0.5, 0.6) is 0 Å². The Hall–Kier alpha value is -2.14. The zero-order chi connectivity index (χ0) is 16.6. The Morgan fingerprint density at radius 1 is 1.30 bits per heavy atom.